The summed E-state index contributed by atoms with van der Waals surface area (Å²) >= 11 is 0. The molecule has 0 fully saturated rings. The quantitative estimate of drug-likeness (QED) is 0.0957. The lowest BCUT2D eigenvalue weighted by Crippen LogP contribution is -2.61. The number of hydrogen-bond donors (Lipinski definition) is 0. The number of nitrogens with zero attached hydrogens (tertiary/aromatic N) is 3. The second kappa shape index (κ2) is 20.0. The number of anilines is 8. The molecule has 0 N–H and O–H groups in total. The third-order valence-corrected chi connectivity index (χ3v) is 16.5. The van der Waals surface area contributed by atoms with Crippen LogP contribution in [-0.2, 0) is 19.3 Å². The van der Waals surface area contributed by atoms with Crippen LogP contribution >= 0.6 is 0 Å². The number of aryl methyl sites for hydroxylation is 3. The van der Waals surface area contributed by atoms with E-state index in [1.807, 2.05) is 0 Å². The van der Waals surface area contributed by atoms with Crippen LogP contribution in [-0.4, -0.2) is 6.85 Å². The molecule has 0 saturated heterocycles. The fourth-order valence-electron chi connectivity index (χ4n) is 12.8. The Balaban J connectivity index is 1.12. The van der Waals surface area contributed by atoms with Gasteiger partial charge in [0.2, 0.25) is 0 Å². The Morgan fingerprint density at radius 3 is 1.67 bits per heavy atom. The second-order valence-electron chi connectivity index (χ2n) is 21.5. The van der Waals surface area contributed by atoms with Crippen LogP contribution in [0.2, 0.25) is 0 Å². The molecular weight excluding hydrogens is 950 g/mol. The third-order valence-electron chi connectivity index (χ3n) is 16.5. The van der Waals surface area contributed by atoms with Gasteiger partial charge in [0.25, 0.3) is 0 Å². The first kappa shape index (κ1) is 47.7. The monoisotopic (exact) mass is 1010 g/mol. The third kappa shape index (κ3) is 7.99. The molecule has 0 unspecified atom stereocenters. The maximum atomic E-state index is 7.25. The van der Waals surface area contributed by atoms with E-state index in [-0.39, 0.29) is 6.85 Å². The zero-order valence-electron chi connectivity index (χ0n) is 44.8. The van der Waals surface area contributed by atoms with Gasteiger partial charge in [-0.15, -0.1) is 0 Å². The Morgan fingerprint density at radius 1 is 0.423 bits per heavy atom. The Hall–Kier alpha value is -8.74. The van der Waals surface area contributed by atoms with Gasteiger partial charge in [-0.1, -0.05) is 161 Å². The lowest BCUT2D eigenvalue weighted by Gasteiger charge is -2.46. The molecule has 12 aromatic rings. The summed E-state index contributed by atoms with van der Waals surface area (Å²) in [6.07, 6.45) is 9.95. The van der Waals surface area contributed by atoms with E-state index in [1.54, 1.807) is 0 Å². The molecule has 0 atom stereocenters. The second-order valence-corrected chi connectivity index (χ2v) is 21.5. The van der Waals surface area contributed by atoms with Crippen LogP contribution in [0.4, 0.5) is 45.5 Å². The molecule has 2 aromatic heterocycles. The van der Waals surface area contributed by atoms with Crippen LogP contribution in [0, 0.1) is 0 Å². The van der Waals surface area contributed by atoms with Crippen LogP contribution < -0.4 is 25.5 Å². The summed E-state index contributed by atoms with van der Waals surface area (Å²) in [6.45, 7) is 6.51. The average molecular weight is 1010 g/mol. The van der Waals surface area contributed by atoms with E-state index in [9.17, 15) is 0 Å². The molecule has 14 rings (SSSR count). The van der Waals surface area contributed by atoms with Gasteiger partial charge in [0.1, 0.15) is 16.7 Å². The van der Waals surface area contributed by atoms with Gasteiger partial charge in [-0.2, -0.15) is 0 Å². The van der Waals surface area contributed by atoms with Crippen molar-refractivity contribution in [1.29, 1.82) is 0 Å². The molecule has 380 valence electrons. The molecule has 5 nitrogen and oxygen atoms in total. The number of furan rings is 2. The van der Waals surface area contributed by atoms with Gasteiger partial charge in [0.05, 0.1) is 11.4 Å². The molecule has 0 saturated carbocycles. The van der Waals surface area contributed by atoms with Gasteiger partial charge in [-0.3, -0.25) is 0 Å². The minimum Gasteiger partial charge on any atom is -0.455 e. The highest BCUT2D eigenvalue weighted by Gasteiger charge is 2.48. The summed E-state index contributed by atoms with van der Waals surface area (Å²) < 4.78 is 14.4. The molecule has 78 heavy (non-hydrogen) atoms. The number of fused-ring (bicyclic) bond motifs is 12. The van der Waals surface area contributed by atoms with Gasteiger partial charge in [0.15, 0.2) is 5.58 Å². The van der Waals surface area contributed by atoms with Crippen molar-refractivity contribution in [3.05, 3.63) is 229 Å². The minimum atomic E-state index is -0.329. The van der Waals surface area contributed by atoms with E-state index in [0.717, 1.165) is 158 Å². The standard InChI is InChI=1S/C72H62BN3O2/c1-4-7-22-48-25-20-31-53(43-48)74(54-32-21-26-49(44-54)23-8-5-2)55-38-42-64-62(46-55)73-69-65(75(64)63-41-37-50(24-9-6-3)45-60(63)51-27-12-10-13-28-51)47-61-57-34-17-19-36-67(57)77-71(61)68(69)59-40-39-58-56-33-16-18-35-66(56)78-72(58)70(59)76(73)52-29-14-11-15-30-52/h10-21,25-47H,4-9,22-24H2,1-3H3. The number of para-hydroxylation sites is 3. The van der Waals surface area contributed by atoms with Crippen LogP contribution in [0.1, 0.15) is 76.0 Å². The van der Waals surface area contributed by atoms with E-state index in [0.29, 0.717) is 0 Å². The van der Waals surface area contributed by atoms with E-state index >= 15 is 0 Å². The molecule has 2 aliphatic heterocycles. The molecule has 0 amide bonds. The highest BCUT2D eigenvalue weighted by Crippen LogP contribution is 2.54. The first-order chi connectivity index (χ1) is 38.6. The van der Waals surface area contributed by atoms with Crippen molar-refractivity contribution in [2.24, 2.45) is 0 Å². The van der Waals surface area contributed by atoms with Crippen LogP contribution in [0.15, 0.2) is 221 Å². The van der Waals surface area contributed by atoms with E-state index in [2.05, 4.69) is 248 Å². The van der Waals surface area contributed by atoms with E-state index in [1.165, 1.54) is 38.7 Å². The summed E-state index contributed by atoms with van der Waals surface area (Å²) in [4.78, 5) is 7.69. The summed E-state index contributed by atoms with van der Waals surface area (Å²) in [5, 5.41) is 4.37. The number of hydrogen-bond acceptors (Lipinski definition) is 5. The number of rotatable bonds is 15. The van der Waals surface area contributed by atoms with Crippen LogP contribution in [0.5, 0.6) is 0 Å². The molecule has 2 aliphatic rings. The molecule has 0 spiro atoms. The topological polar surface area (TPSA) is 36.0 Å². The van der Waals surface area contributed by atoms with Crippen LogP contribution in [0.3, 0.4) is 0 Å². The highest BCUT2D eigenvalue weighted by atomic mass is 16.3. The maximum absolute atomic E-state index is 7.25. The number of unbranched alkanes of at least 4 members (excludes halogenated alkanes) is 3. The maximum Gasteiger partial charge on any atom is 0.333 e. The Morgan fingerprint density at radius 2 is 1.00 bits per heavy atom. The fraction of sp³-hybridized carbons (Fsp3) is 0.167. The van der Waals surface area contributed by atoms with Gasteiger partial charge in [-0.25, -0.2) is 0 Å². The van der Waals surface area contributed by atoms with Crippen molar-refractivity contribution < 1.29 is 8.83 Å². The highest BCUT2D eigenvalue weighted by molar-refractivity contribution is 6.94. The summed E-state index contributed by atoms with van der Waals surface area (Å²) in [5.41, 5.74) is 23.4. The fourth-order valence-corrected chi connectivity index (χ4v) is 12.8. The van der Waals surface area contributed by atoms with Crippen molar-refractivity contribution in [3.63, 3.8) is 0 Å². The van der Waals surface area contributed by atoms with Gasteiger partial charge < -0.3 is 23.4 Å². The normalized spacial score (nSPS) is 12.7. The lowest BCUT2D eigenvalue weighted by atomic mass is 9.43. The lowest BCUT2D eigenvalue weighted by molar-refractivity contribution is 0.668. The van der Waals surface area contributed by atoms with E-state index < -0.39 is 0 Å². The predicted molar refractivity (Wildman–Crippen MR) is 331 cm³/mol. The van der Waals surface area contributed by atoms with E-state index in [4.69, 9.17) is 8.83 Å². The van der Waals surface area contributed by atoms with Gasteiger partial charge in [-0.05, 0) is 163 Å². The Labute approximate surface area is 458 Å². The molecule has 10 aromatic carbocycles. The van der Waals surface area contributed by atoms with Crippen molar-refractivity contribution in [2.75, 3.05) is 14.6 Å². The van der Waals surface area contributed by atoms with Crippen molar-refractivity contribution in [3.8, 4) is 22.3 Å². The molecule has 0 aliphatic carbocycles. The summed E-state index contributed by atoms with van der Waals surface area (Å²) in [6, 6.07) is 79.1. The van der Waals surface area contributed by atoms with Gasteiger partial charge in [0, 0.05) is 72.4 Å². The zero-order chi connectivity index (χ0) is 52.3. The molecule has 0 bridgehead atoms. The van der Waals surface area contributed by atoms with Gasteiger partial charge >= 0.3 is 6.85 Å². The minimum absolute atomic E-state index is 0.329. The molecule has 4 heterocycles. The molecular formula is C72H62BN3O2. The van der Waals surface area contributed by atoms with Crippen LogP contribution in [0.25, 0.3) is 66.1 Å². The van der Waals surface area contributed by atoms with Crippen molar-refractivity contribution in [1.82, 2.24) is 0 Å². The summed E-state index contributed by atoms with van der Waals surface area (Å²) in [7, 11) is 0. The predicted octanol–water partition coefficient (Wildman–Crippen LogP) is 19.4. The van der Waals surface area contributed by atoms with Crippen molar-refractivity contribution >= 4 is 107 Å². The SMILES string of the molecule is CCCCc1cccc(N(c2cccc(CCCC)c2)c2ccc3c(c2)B2c4c(cc5c(oc6ccccc65)c4-c4ccc5c(oc6ccccc65)c4N2c2ccccc2)N3c2ccc(CCCC)cc2-c2ccccc2)c1. The van der Waals surface area contributed by atoms with Crippen molar-refractivity contribution in [2.45, 2.75) is 78.6 Å². The zero-order valence-corrected chi connectivity index (χ0v) is 44.8. The first-order valence-corrected chi connectivity index (χ1v) is 28.5. The number of benzene rings is 10. The summed E-state index contributed by atoms with van der Waals surface area (Å²) in [5.74, 6) is 0. The Bertz CT molecular complexity index is 4160. The Kier molecular flexibility index (Phi) is 12.2. The first-order valence-electron chi connectivity index (χ1n) is 28.5. The molecule has 6 heteroatoms. The largest absolute Gasteiger partial charge is 0.455 e. The molecule has 0 radical (unpaired) electrons. The smallest absolute Gasteiger partial charge is 0.333 e. The average Bonchev–Trinajstić information content (AvgIpc) is 4.20.